The molecule has 0 aliphatic rings. The van der Waals surface area contributed by atoms with Crippen molar-refractivity contribution in [2.45, 2.75) is 0 Å². The van der Waals surface area contributed by atoms with E-state index in [0.29, 0.717) is 27.7 Å². The number of hydrogen-bond donors (Lipinski definition) is 3. The standard InChI is InChI=1S/C11H9ClN6O/c12-6-2-1-3-7(4-6)19-10-8-5-14-18-9(8)15-11(16-10)17-13/h1-5H,13H2,(H2,14,15,16,17,18). The molecule has 0 saturated carbocycles. The molecule has 0 spiro atoms. The fourth-order valence-electron chi connectivity index (χ4n) is 1.59. The third-order valence-electron chi connectivity index (χ3n) is 2.41. The molecular weight excluding hydrogens is 268 g/mol. The molecule has 0 radical (unpaired) electrons. The van der Waals surface area contributed by atoms with Gasteiger partial charge in [0.2, 0.25) is 11.8 Å². The zero-order valence-electron chi connectivity index (χ0n) is 9.59. The van der Waals surface area contributed by atoms with E-state index in [9.17, 15) is 0 Å². The summed E-state index contributed by atoms with van der Waals surface area (Å²) in [6, 6.07) is 7.00. The van der Waals surface area contributed by atoms with Crippen LogP contribution in [0.5, 0.6) is 11.6 Å². The Kier molecular flexibility index (Phi) is 2.90. The fraction of sp³-hybridized carbons (Fsp3) is 0. The Morgan fingerprint density at radius 1 is 1.32 bits per heavy atom. The molecule has 0 bridgehead atoms. The number of hydrazine groups is 1. The van der Waals surface area contributed by atoms with E-state index in [0.717, 1.165) is 0 Å². The molecule has 0 saturated heterocycles. The van der Waals surface area contributed by atoms with Gasteiger partial charge in [-0.2, -0.15) is 15.1 Å². The summed E-state index contributed by atoms with van der Waals surface area (Å²) < 4.78 is 5.68. The molecule has 0 aliphatic heterocycles. The number of halogens is 1. The third kappa shape index (κ3) is 2.28. The first-order valence-electron chi connectivity index (χ1n) is 5.37. The maximum absolute atomic E-state index is 5.90. The molecule has 96 valence electrons. The maximum Gasteiger partial charge on any atom is 0.242 e. The van der Waals surface area contributed by atoms with E-state index < -0.39 is 0 Å². The smallest absolute Gasteiger partial charge is 0.242 e. The molecule has 0 unspecified atom stereocenters. The van der Waals surface area contributed by atoms with Gasteiger partial charge in [-0.05, 0) is 18.2 Å². The lowest BCUT2D eigenvalue weighted by atomic mass is 10.3. The Morgan fingerprint density at radius 2 is 2.21 bits per heavy atom. The zero-order chi connectivity index (χ0) is 13.2. The molecule has 8 heteroatoms. The van der Waals surface area contributed by atoms with Crippen LogP contribution < -0.4 is 16.0 Å². The van der Waals surface area contributed by atoms with Gasteiger partial charge in [-0.25, -0.2) is 5.84 Å². The predicted octanol–water partition coefficient (Wildman–Crippen LogP) is 2.08. The minimum atomic E-state index is 0.230. The minimum absolute atomic E-state index is 0.230. The molecule has 0 atom stereocenters. The number of rotatable bonds is 3. The summed E-state index contributed by atoms with van der Waals surface area (Å²) in [5.74, 6) is 6.45. The summed E-state index contributed by atoms with van der Waals surface area (Å²) in [4.78, 5) is 8.25. The molecule has 1 aromatic carbocycles. The number of hydrogen-bond acceptors (Lipinski definition) is 6. The van der Waals surface area contributed by atoms with Gasteiger partial charge in [-0.1, -0.05) is 17.7 Å². The van der Waals surface area contributed by atoms with Crippen molar-refractivity contribution in [3.63, 3.8) is 0 Å². The Hall–Kier alpha value is -2.38. The topological polar surface area (TPSA) is 102 Å². The number of H-pyrrole nitrogens is 1. The predicted molar refractivity (Wildman–Crippen MR) is 71.0 cm³/mol. The summed E-state index contributed by atoms with van der Waals surface area (Å²) >= 11 is 5.90. The number of fused-ring (bicyclic) bond motifs is 1. The summed E-state index contributed by atoms with van der Waals surface area (Å²) in [5.41, 5.74) is 2.90. The number of nitrogen functional groups attached to an aromatic ring is 1. The van der Waals surface area contributed by atoms with Crippen molar-refractivity contribution in [1.82, 2.24) is 20.2 Å². The van der Waals surface area contributed by atoms with Crippen LogP contribution >= 0.6 is 11.6 Å². The fourth-order valence-corrected chi connectivity index (χ4v) is 1.77. The number of anilines is 1. The van der Waals surface area contributed by atoms with Crippen LogP contribution in [0.25, 0.3) is 11.0 Å². The van der Waals surface area contributed by atoms with Crippen LogP contribution in [0, 0.1) is 0 Å². The molecule has 0 aliphatic carbocycles. The SMILES string of the molecule is NNc1nc(Oc2cccc(Cl)c2)c2cn[nH]c2n1. The van der Waals surface area contributed by atoms with Gasteiger partial charge in [0.15, 0.2) is 5.65 Å². The van der Waals surface area contributed by atoms with Crippen molar-refractivity contribution in [2.24, 2.45) is 5.84 Å². The lowest BCUT2D eigenvalue weighted by molar-refractivity contribution is 0.469. The Bertz CT molecular complexity index is 728. The van der Waals surface area contributed by atoms with E-state index in [-0.39, 0.29) is 5.95 Å². The normalized spacial score (nSPS) is 10.6. The van der Waals surface area contributed by atoms with Crippen molar-refractivity contribution < 1.29 is 4.74 Å². The van der Waals surface area contributed by atoms with Crippen molar-refractivity contribution in [3.05, 3.63) is 35.5 Å². The van der Waals surface area contributed by atoms with Gasteiger partial charge in [0, 0.05) is 5.02 Å². The van der Waals surface area contributed by atoms with Crippen LogP contribution in [0.1, 0.15) is 0 Å². The Labute approximate surface area is 112 Å². The van der Waals surface area contributed by atoms with Crippen molar-refractivity contribution in [3.8, 4) is 11.6 Å². The van der Waals surface area contributed by atoms with Gasteiger partial charge in [0.25, 0.3) is 0 Å². The highest BCUT2D eigenvalue weighted by Crippen LogP contribution is 2.28. The van der Waals surface area contributed by atoms with Crippen LogP contribution in [-0.4, -0.2) is 20.2 Å². The van der Waals surface area contributed by atoms with Crippen molar-refractivity contribution >= 4 is 28.6 Å². The van der Waals surface area contributed by atoms with Crippen LogP contribution in [-0.2, 0) is 0 Å². The minimum Gasteiger partial charge on any atom is -0.438 e. The lowest BCUT2D eigenvalue weighted by Gasteiger charge is -2.07. The second-order valence-electron chi connectivity index (χ2n) is 3.69. The first-order valence-corrected chi connectivity index (χ1v) is 5.75. The van der Waals surface area contributed by atoms with Crippen LogP contribution in [0.15, 0.2) is 30.5 Å². The molecule has 3 aromatic rings. The number of nitrogens with two attached hydrogens (primary N) is 1. The van der Waals surface area contributed by atoms with E-state index in [1.165, 1.54) is 0 Å². The lowest BCUT2D eigenvalue weighted by Crippen LogP contribution is -2.10. The number of aromatic nitrogens is 4. The van der Waals surface area contributed by atoms with Gasteiger partial charge in [-0.3, -0.25) is 10.5 Å². The van der Waals surface area contributed by atoms with E-state index in [1.807, 2.05) is 0 Å². The number of nitrogens with one attached hydrogen (secondary N) is 2. The van der Waals surface area contributed by atoms with Gasteiger partial charge in [-0.15, -0.1) is 0 Å². The van der Waals surface area contributed by atoms with E-state index in [2.05, 4.69) is 25.6 Å². The average molecular weight is 277 g/mol. The molecule has 0 fully saturated rings. The molecule has 4 N–H and O–H groups in total. The monoisotopic (exact) mass is 276 g/mol. The summed E-state index contributed by atoms with van der Waals surface area (Å²) in [6.07, 6.45) is 1.58. The molecule has 7 nitrogen and oxygen atoms in total. The van der Waals surface area contributed by atoms with E-state index in [4.69, 9.17) is 22.2 Å². The van der Waals surface area contributed by atoms with Gasteiger partial charge >= 0.3 is 0 Å². The van der Waals surface area contributed by atoms with E-state index in [1.54, 1.807) is 30.5 Å². The highest BCUT2D eigenvalue weighted by Gasteiger charge is 2.11. The summed E-state index contributed by atoms with van der Waals surface area (Å²) in [5, 5.41) is 7.85. The molecule has 2 heterocycles. The van der Waals surface area contributed by atoms with E-state index >= 15 is 0 Å². The van der Waals surface area contributed by atoms with Gasteiger partial charge in [0.05, 0.1) is 6.20 Å². The molecule has 19 heavy (non-hydrogen) atoms. The summed E-state index contributed by atoms with van der Waals surface area (Å²) in [7, 11) is 0. The Morgan fingerprint density at radius 3 is 3.00 bits per heavy atom. The van der Waals surface area contributed by atoms with Crippen LogP contribution in [0.2, 0.25) is 5.02 Å². The van der Waals surface area contributed by atoms with Gasteiger partial charge in [0.1, 0.15) is 11.1 Å². The molecule has 3 rings (SSSR count). The quantitative estimate of drug-likeness (QED) is 0.500. The second kappa shape index (κ2) is 4.71. The number of aromatic amines is 1. The van der Waals surface area contributed by atoms with Crippen LogP contribution in [0.4, 0.5) is 5.95 Å². The highest BCUT2D eigenvalue weighted by molar-refractivity contribution is 6.30. The van der Waals surface area contributed by atoms with Crippen molar-refractivity contribution in [2.75, 3.05) is 5.43 Å². The van der Waals surface area contributed by atoms with Gasteiger partial charge < -0.3 is 4.74 Å². The summed E-state index contributed by atoms with van der Waals surface area (Å²) in [6.45, 7) is 0. The molecule has 2 aromatic heterocycles. The number of ether oxygens (including phenoxy) is 1. The van der Waals surface area contributed by atoms with Crippen LogP contribution in [0.3, 0.4) is 0 Å². The third-order valence-corrected chi connectivity index (χ3v) is 2.65. The van der Waals surface area contributed by atoms with Crippen molar-refractivity contribution in [1.29, 1.82) is 0 Å². The zero-order valence-corrected chi connectivity index (χ0v) is 10.3. The first kappa shape index (κ1) is 11.7. The second-order valence-corrected chi connectivity index (χ2v) is 4.12. The molecule has 0 amide bonds. The number of nitrogens with zero attached hydrogens (tertiary/aromatic N) is 3. The number of benzene rings is 1. The average Bonchev–Trinajstić information content (AvgIpc) is 2.87. The first-order chi connectivity index (χ1) is 9.26. The molecular formula is C11H9ClN6O. The maximum atomic E-state index is 5.90. The Balaban J connectivity index is 2.06. The largest absolute Gasteiger partial charge is 0.438 e. The highest BCUT2D eigenvalue weighted by atomic mass is 35.5.